The average molecular weight is 141 g/mol. The largest absolute Gasteiger partial charge is 0.349 e. The first-order valence-electron chi connectivity index (χ1n) is 3.26. The molecular formula is C6H7NO3. The number of nitrogens with zero attached hydrogens (tertiary/aromatic N) is 1. The van der Waals surface area contributed by atoms with Crippen LogP contribution < -0.4 is 0 Å². The number of epoxide rings is 1. The maximum Gasteiger partial charge on any atom is 0.261 e. The van der Waals surface area contributed by atoms with Crippen molar-refractivity contribution in [3.8, 4) is 0 Å². The molecular weight excluding hydrogens is 134 g/mol. The van der Waals surface area contributed by atoms with Crippen molar-refractivity contribution in [2.45, 2.75) is 19.1 Å². The third kappa shape index (κ3) is 0.495. The molecule has 0 N–H and O–H groups in total. The molecule has 0 bridgehead atoms. The summed E-state index contributed by atoms with van der Waals surface area (Å²) in [6.07, 6.45) is -0.847. The molecule has 2 atom stereocenters. The van der Waals surface area contributed by atoms with Crippen LogP contribution in [0.5, 0.6) is 0 Å². The van der Waals surface area contributed by atoms with Crippen LogP contribution in [0.3, 0.4) is 0 Å². The third-order valence-corrected chi connectivity index (χ3v) is 1.83. The fourth-order valence-corrected chi connectivity index (χ4v) is 1.22. The molecule has 10 heavy (non-hydrogen) atoms. The fraction of sp³-hybridized carbons (Fsp3) is 0.667. The second-order valence-electron chi connectivity index (χ2n) is 2.40. The number of fused-ring (bicyclic) bond motifs is 1. The zero-order chi connectivity index (χ0) is 7.30. The van der Waals surface area contributed by atoms with Crippen molar-refractivity contribution in [2.24, 2.45) is 0 Å². The molecule has 2 aliphatic heterocycles. The second-order valence-corrected chi connectivity index (χ2v) is 2.40. The molecule has 0 aromatic rings. The molecule has 0 radical (unpaired) electrons. The molecule has 2 fully saturated rings. The molecule has 2 aliphatic rings. The Morgan fingerprint density at radius 3 is 2.20 bits per heavy atom. The number of amides is 2. The van der Waals surface area contributed by atoms with E-state index < -0.39 is 12.2 Å². The molecule has 2 unspecified atom stereocenters. The molecule has 4 nitrogen and oxygen atoms in total. The molecule has 0 spiro atoms. The number of likely N-dealkylation sites (tertiary alicyclic amines) is 1. The summed E-state index contributed by atoms with van der Waals surface area (Å²) >= 11 is 0. The number of imide groups is 1. The smallest absolute Gasteiger partial charge is 0.261 e. The maximum absolute atomic E-state index is 11.0. The van der Waals surface area contributed by atoms with E-state index in [1.807, 2.05) is 0 Å². The number of likely N-dealkylation sites (N-methyl/N-ethyl adjacent to an activating group) is 1. The van der Waals surface area contributed by atoms with Crippen LogP contribution in [-0.4, -0.2) is 35.5 Å². The van der Waals surface area contributed by atoms with Gasteiger partial charge in [0.15, 0.2) is 12.2 Å². The molecule has 2 saturated heterocycles. The van der Waals surface area contributed by atoms with Crippen molar-refractivity contribution < 1.29 is 14.3 Å². The highest BCUT2D eigenvalue weighted by Crippen LogP contribution is 2.32. The molecule has 0 aliphatic carbocycles. The second kappa shape index (κ2) is 1.58. The maximum atomic E-state index is 11.0. The number of carbonyl (C=O) groups excluding carboxylic acids is 2. The summed E-state index contributed by atoms with van der Waals surface area (Å²) in [6, 6.07) is 0. The summed E-state index contributed by atoms with van der Waals surface area (Å²) in [5, 5.41) is 0. The minimum atomic E-state index is -0.424. The van der Waals surface area contributed by atoms with Gasteiger partial charge in [-0.1, -0.05) is 0 Å². The summed E-state index contributed by atoms with van der Waals surface area (Å²) in [5.41, 5.74) is 0. The van der Waals surface area contributed by atoms with E-state index in [-0.39, 0.29) is 11.8 Å². The minimum absolute atomic E-state index is 0.169. The Morgan fingerprint density at radius 2 is 1.90 bits per heavy atom. The Bertz CT molecular complexity index is 193. The zero-order valence-electron chi connectivity index (χ0n) is 5.53. The van der Waals surface area contributed by atoms with Crippen LogP contribution in [0.1, 0.15) is 6.92 Å². The van der Waals surface area contributed by atoms with Gasteiger partial charge in [0.2, 0.25) is 0 Å². The van der Waals surface area contributed by atoms with Crippen molar-refractivity contribution in [3.63, 3.8) is 0 Å². The van der Waals surface area contributed by atoms with E-state index in [1.165, 1.54) is 4.90 Å². The van der Waals surface area contributed by atoms with Crippen LogP contribution in [0.4, 0.5) is 0 Å². The van der Waals surface area contributed by atoms with E-state index in [0.29, 0.717) is 6.54 Å². The van der Waals surface area contributed by atoms with E-state index in [2.05, 4.69) is 0 Å². The highest BCUT2D eigenvalue weighted by atomic mass is 16.6. The third-order valence-electron chi connectivity index (χ3n) is 1.83. The van der Waals surface area contributed by atoms with Crippen molar-refractivity contribution in [1.29, 1.82) is 0 Å². The lowest BCUT2D eigenvalue weighted by Crippen LogP contribution is -2.34. The van der Waals surface area contributed by atoms with Gasteiger partial charge < -0.3 is 4.74 Å². The Hall–Kier alpha value is -0.900. The molecule has 0 aromatic heterocycles. The predicted octanol–water partition coefficient (Wildman–Crippen LogP) is -0.858. The summed E-state index contributed by atoms with van der Waals surface area (Å²) in [5.74, 6) is -0.338. The first kappa shape index (κ1) is 5.85. The van der Waals surface area contributed by atoms with Gasteiger partial charge in [-0.3, -0.25) is 14.5 Å². The van der Waals surface area contributed by atoms with E-state index >= 15 is 0 Å². The van der Waals surface area contributed by atoms with Gasteiger partial charge in [-0.15, -0.1) is 0 Å². The van der Waals surface area contributed by atoms with Gasteiger partial charge in [0.1, 0.15) is 0 Å². The van der Waals surface area contributed by atoms with Crippen LogP contribution >= 0.6 is 0 Å². The van der Waals surface area contributed by atoms with Gasteiger partial charge in [0.05, 0.1) is 0 Å². The molecule has 4 heteroatoms. The van der Waals surface area contributed by atoms with Crippen LogP contribution in [0.2, 0.25) is 0 Å². The summed E-state index contributed by atoms with van der Waals surface area (Å²) in [7, 11) is 0. The Morgan fingerprint density at radius 1 is 1.40 bits per heavy atom. The van der Waals surface area contributed by atoms with Gasteiger partial charge >= 0.3 is 0 Å². The van der Waals surface area contributed by atoms with Crippen molar-refractivity contribution >= 4 is 11.8 Å². The molecule has 2 rings (SSSR count). The van der Waals surface area contributed by atoms with Crippen LogP contribution in [0.25, 0.3) is 0 Å². The lowest BCUT2D eigenvalue weighted by atomic mass is 10.4. The van der Waals surface area contributed by atoms with Crippen molar-refractivity contribution in [2.75, 3.05) is 6.54 Å². The number of rotatable bonds is 1. The first-order chi connectivity index (χ1) is 4.75. The van der Waals surface area contributed by atoms with Crippen LogP contribution in [0, 0.1) is 0 Å². The van der Waals surface area contributed by atoms with E-state index in [9.17, 15) is 9.59 Å². The number of morpholine rings is 1. The molecule has 2 amide bonds. The lowest BCUT2D eigenvalue weighted by molar-refractivity contribution is -0.144. The van der Waals surface area contributed by atoms with E-state index in [4.69, 9.17) is 4.74 Å². The average Bonchev–Trinajstić information content (AvgIpc) is 2.62. The van der Waals surface area contributed by atoms with E-state index in [1.54, 1.807) is 6.92 Å². The van der Waals surface area contributed by atoms with Crippen LogP contribution in [0.15, 0.2) is 0 Å². The number of carbonyl (C=O) groups is 2. The quantitative estimate of drug-likeness (QED) is 0.353. The van der Waals surface area contributed by atoms with Gasteiger partial charge in [-0.25, -0.2) is 0 Å². The van der Waals surface area contributed by atoms with Gasteiger partial charge in [-0.2, -0.15) is 0 Å². The molecule has 2 heterocycles. The van der Waals surface area contributed by atoms with E-state index in [0.717, 1.165) is 0 Å². The standard InChI is InChI=1S/C6H7NO3/c1-2-7-5(8)3-4(10-3)6(7)9/h3-4H,2H2,1H3. The Kier molecular flexibility index (Phi) is 0.922. The SMILES string of the molecule is CCN1C(=O)C2OC2C1=O. The normalized spacial score (nSPS) is 36.7. The van der Waals surface area contributed by atoms with Crippen molar-refractivity contribution in [3.05, 3.63) is 0 Å². The van der Waals surface area contributed by atoms with Gasteiger partial charge in [0, 0.05) is 6.54 Å². The summed E-state index contributed by atoms with van der Waals surface area (Å²) in [4.78, 5) is 23.2. The zero-order valence-corrected chi connectivity index (χ0v) is 5.53. The lowest BCUT2D eigenvalue weighted by Gasteiger charge is -2.11. The van der Waals surface area contributed by atoms with Crippen LogP contribution in [-0.2, 0) is 14.3 Å². The predicted molar refractivity (Wildman–Crippen MR) is 31.1 cm³/mol. The van der Waals surface area contributed by atoms with Gasteiger partial charge in [0.25, 0.3) is 11.8 Å². The first-order valence-corrected chi connectivity index (χ1v) is 3.26. The Labute approximate surface area is 57.7 Å². The summed E-state index contributed by atoms with van der Waals surface area (Å²) in [6.45, 7) is 2.24. The van der Waals surface area contributed by atoms with Gasteiger partial charge in [-0.05, 0) is 6.92 Å². The molecule has 0 aromatic carbocycles. The topological polar surface area (TPSA) is 49.9 Å². The fourth-order valence-electron chi connectivity index (χ4n) is 1.22. The number of ether oxygens (including phenoxy) is 1. The Balaban J connectivity index is 2.23. The number of hydrogen-bond donors (Lipinski definition) is 0. The monoisotopic (exact) mass is 141 g/mol. The van der Waals surface area contributed by atoms with Crippen molar-refractivity contribution in [1.82, 2.24) is 4.90 Å². The highest BCUT2D eigenvalue weighted by molar-refractivity contribution is 6.11. The number of hydrogen-bond acceptors (Lipinski definition) is 3. The minimum Gasteiger partial charge on any atom is -0.349 e. The summed E-state index contributed by atoms with van der Waals surface area (Å²) < 4.78 is 4.77. The highest BCUT2D eigenvalue weighted by Gasteiger charge is 2.60. The molecule has 0 saturated carbocycles. The molecule has 54 valence electrons.